The lowest BCUT2D eigenvalue weighted by atomic mass is 9.96. The van der Waals surface area contributed by atoms with Gasteiger partial charge in [-0.15, -0.1) is 0 Å². The van der Waals surface area contributed by atoms with Gasteiger partial charge in [0.1, 0.15) is 5.82 Å². The fourth-order valence-electron chi connectivity index (χ4n) is 4.32. The molecular weight excluding hydrogens is 550 g/mol. The number of nitro benzene ring substituents is 1. The molecule has 5 N–H and O–H groups in total. The van der Waals surface area contributed by atoms with E-state index < -0.39 is 16.0 Å². The van der Waals surface area contributed by atoms with E-state index in [1.807, 2.05) is 12.1 Å². The number of rotatable bonds is 12. The van der Waals surface area contributed by atoms with Crippen molar-refractivity contribution >= 4 is 28.5 Å². The summed E-state index contributed by atoms with van der Waals surface area (Å²) in [4.78, 5) is 18.8. The van der Waals surface area contributed by atoms with Crippen molar-refractivity contribution in [3.05, 3.63) is 87.6 Å². The SMILES string of the molecule is COc1cc(Cc2cnc(N)nc2N)cc(OC)c1OCCCc1ccc(S(=O)O)cc1-c1ccc([N+](=O)[O-])cc1. The van der Waals surface area contributed by atoms with Crippen LogP contribution in [-0.2, 0) is 23.9 Å². The molecule has 214 valence electrons. The van der Waals surface area contributed by atoms with E-state index in [2.05, 4.69) is 9.97 Å². The molecule has 1 atom stereocenters. The molecule has 4 aromatic rings. The van der Waals surface area contributed by atoms with Gasteiger partial charge in [-0.3, -0.25) is 10.1 Å². The number of hydrogen-bond donors (Lipinski definition) is 3. The van der Waals surface area contributed by atoms with Crippen LogP contribution in [0.25, 0.3) is 11.1 Å². The topological polar surface area (TPSA) is 186 Å². The molecule has 0 amide bonds. The predicted molar refractivity (Wildman–Crippen MR) is 155 cm³/mol. The van der Waals surface area contributed by atoms with Gasteiger partial charge in [0.05, 0.1) is 30.6 Å². The smallest absolute Gasteiger partial charge is 0.269 e. The van der Waals surface area contributed by atoms with Crippen molar-refractivity contribution in [1.29, 1.82) is 0 Å². The number of anilines is 2. The quantitative estimate of drug-likeness (QED) is 0.0933. The molecular formula is C28H29N5O7S. The minimum atomic E-state index is -2.17. The lowest BCUT2D eigenvalue weighted by Gasteiger charge is -2.17. The maximum atomic E-state index is 11.7. The summed E-state index contributed by atoms with van der Waals surface area (Å²) in [6.45, 7) is 0.318. The van der Waals surface area contributed by atoms with Crippen molar-refractivity contribution < 1.29 is 27.9 Å². The Kier molecular flexibility index (Phi) is 9.32. The molecule has 13 heteroatoms. The zero-order chi connectivity index (χ0) is 29.5. The summed E-state index contributed by atoms with van der Waals surface area (Å²) in [5, 5.41) is 11.1. The normalized spacial score (nSPS) is 11.6. The molecule has 12 nitrogen and oxygen atoms in total. The maximum absolute atomic E-state index is 11.7. The minimum Gasteiger partial charge on any atom is -0.493 e. The van der Waals surface area contributed by atoms with E-state index in [0.717, 1.165) is 11.1 Å². The van der Waals surface area contributed by atoms with Crippen molar-refractivity contribution in [2.75, 3.05) is 32.3 Å². The van der Waals surface area contributed by atoms with Crippen LogP contribution in [0.5, 0.6) is 17.2 Å². The second-order valence-corrected chi connectivity index (χ2v) is 9.94. The van der Waals surface area contributed by atoms with Gasteiger partial charge >= 0.3 is 0 Å². The van der Waals surface area contributed by atoms with E-state index in [0.29, 0.717) is 65.6 Å². The number of nitro groups is 1. The van der Waals surface area contributed by atoms with E-state index >= 15 is 0 Å². The molecule has 1 aromatic heterocycles. The van der Waals surface area contributed by atoms with Crippen LogP contribution in [0, 0.1) is 10.1 Å². The van der Waals surface area contributed by atoms with Crippen LogP contribution in [0.4, 0.5) is 17.5 Å². The Morgan fingerprint density at radius 2 is 1.68 bits per heavy atom. The third-order valence-corrected chi connectivity index (χ3v) is 7.00. The molecule has 0 saturated heterocycles. The molecule has 0 aliphatic rings. The van der Waals surface area contributed by atoms with Gasteiger partial charge in [0.15, 0.2) is 22.6 Å². The number of aromatic nitrogens is 2. The standard InChI is InChI=1S/C28H29N5O7S/c1-38-24-13-17(12-20-16-31-28(30)32-27(20)29)14-25(39-2)26(24)40-11-3-4-18-7-10-22(41(36)37)15-23(18)19-5-8-21(9-6-19)33(34)35/h5-10,13-16H,3-4,11-12H2,1-2H3,(H,36,37)(H4,29,30,31,32). The summed E-state index contributed by atoms with van der Waals surface area (Å²) in [5.74, 6) is 1.81. The first kappa shape index (κ1) is 29.2. The van der Waals surface area contributed by atoms with Crippen LogP contribution in [0.15, 0.2) is 65.7 Å². The van der Waals surface area contributed by atoms with Gasteiger partial charge in [-0.2, -0.15) is 4.98 Å². The zero-order valence-electron chi connectivity index (χ0n) is 22.4. The molecule has 0 aliphatic heterocycles. The van der Waals surface area contributed by atoms with Crippen molar-refractivity contribution in [3.8, 4) is 28.4 Å². The predicted octanol–water partition coefficient (Wildman–Crippen LogP) is 4.42. The van der Waals surface area contributed by atoms with Crippen LogP contribution in [-0.4, -0.2) is 44.5 Å². The van der Waals surface area contributed by atoms with Gasteiger partial charge in [-0.1, -0.05) is 6.07 Å². The molecule has 0 radical (unpaired) electrons. The lowest BCUT2D eigenvalue weighted by molar-refractivity contribution is -0.384. The summed E-state index contributed by atoms with van der Waals surface area (Å²) in [6.07, 6.45) is 3.18. The average molecular weight is 580 g/mol. The van der Waals surface area contributed by atoms with Gasteiger partial charge in [0.25, 0.3) is 5.69 Å². The Labute approximate surface area is 238 Å². The van der Waals surface area contributed by atoms with Gasteiger partial charge in [-0.25, -0.2) is 9.19 Å². The monoisotopic (exact) mass is 579 g/mol. The summed E-state index contributed by atoms with van der Waals surface area (Å²) in [7, 11) is 3.07. The number of ether oxygens (including phenoxy) is 3. The first-order chi connectivity index (χ1) is 19.7. The Balaban J connectivity index is 1.50. The fourth-order valence-corrected chi connectivity index (χ4v) is 4.72. The first-order valence-electron chi connectivity index (χ1n) is 12.4. The van der Waals surface area contributed by atoms with Crippen molar-refractivity contribution in [2.24, 2.45) is 0 Å². The van der Waals surface area contributed by atoms with Gasteiger partial charge in [0, 0.05) is 30.3 Å². The van der Waals surface area contributed by atoms with Crippen LogP contribution in [0.2, 0.25) is 0 Å². The van der Waals surface area contributed by atoms with E-state index in [1.54, 1.807) is 36.5 Å². The highest BCUT2D eigenvalue weighted by molar-refractivity contribution is 7.79. The van der Waals surface area contributed by atoms with Crippen LogP contribution >= 0.6 is 0 Å². The second kappa shape index (κ2) is 13.1. The van der Waals surface area contributed by atoms with Crippen LogP contribution in [0.1, 0.15) is 23.1 Å². The van der Waals surface area contributed by atoms with Gasteiger partial charge in [0.2, 0.25) is 11.7 Å². The van der Waals surface area contributed by atoms with Crippen molar-refractivity contribution in [2.45, 2.75) is 24.2 Å². The van der Waals surface area contributed by atoms with E-state index in [4.69, 9.17) is 25.7 Å². The largest absolute Gasteiger partial charge is 0.493 e. The summed E-state index contributed by atoms with van der Waals surface area (Å²) in [6, 6.07) is 14.7. The molecule has 0 saturated carbocycles. The highest BCUT2D eigenvalue weighted by Gasteiger charge is 2.17. The Bertz CT molecular complexity index is 1560. The van der Waals surface area contributed by atoms with Gasteiger partial charge in [-0.05, 0) is 71.5 Å². The number of nitrogens with two attached hydrogens (primary N) is 2. The number of non-ortho nitro benzene ring substituents is 1. The first-order valence-corrected chi connectivity index (χ1v) is 13.5. The Morgan fingerprint density at radius 3 is 2.27 bits per heavy atom. The summed E-state index contributed by atoms with van der Waals surface area (Å²) in [5.41, 5.74) is 15.4. The Morgan fingerprint density at radius 1 is 1.00 bits per heavy atom. The van der Waals surface area contributed by atoms with Crippen molar-refractivity contribution in [3.63, 3.8) is 0 Å². The third kappa shape index (κ3) is 7.07. The van der Waals surface area contributed by atoms with E-state index in [-0.39, 0.29) is 16.5 Å². The molecule has 0 aliphatic carbocycles. The molecule has 1 heterocycles. The van der Waals surface area contributed by atoms with E-state index in [9.17, 15) is 18.9 Å². The maximum Gasteiger partial charge on any atom is 0.269 e. The zero-order valence-corrected chi connectivity index (χ0v) is 23.2. The number of methoxy groups -OCH3 is 2. The average Bonchev–Trinajstić information content (AvgIpc) is 2.96. The highest BCUT2D eigenvalue weighted by Crippen LogP contribution is 2.39. The molecule has 4 rings (SSSR count). The number of nitrogens with zero attached hydrogens (tertiary/aromatic N) is 3. The molecule has 41 heavy (non-hydrogen) atoms. The highest BCUT2D eigenvalue weighted by atomic mass is 32.2. The summed E-state index contributed by atoms with van der Waals surface area (Å²) >= 11 is -2.17. The molecule has 0 bridgehead atoms. The number of hydrogen-bond acceptors (Lipinski definition) is 10. The van der Waals surface area contributed by atoms with Crippen LogP contribution in [0.3, 0.4) is 0 Å². The number of nitrogen functional groups attached to an aromatic ring is 2. The summed E-state index contributed by atoms with van der Waals surface area (Å²) < 4.78 is 38.5. The number of benzene rings is 3. The van der Waals surface area contributed by atoms with Crippen molar-refractivity contribution in [1.82, 2.24) is 9.97 Å². The molecule has 0 fully saturated rings. The lowest BCUT2D eigenvalue weighted by Crippen LogP contribution is -2.06. The number of aryl methyl sites for hydroxylation is 1. The van der Waals surface area contributed by atoms with E-state index in [1.165, 1.54) is 26.4 Å². The minimum absolute atomic E-state index is 0.0373. The van der Waals surface area contributed by atoms with Gasteiger partial charge < -0.3 is 30.2 Å². The fraction of sp³-hybridized carbons (Fsp3) is 0.214. The molecule has 1 unspecified atom stereocenters. The van der Waals surface area contributed by atoms with Crippen LogP contribution < -0.4 is 25.7 Å². The Hall–Kier alpha value is -4.75. The second-order valence-electron chi connectivity index (χ2n) is 8.97. The molecule has 3 aromatic carbocycles. The molecule has 0 spiro atoms. The third-order valence-electron chi connectivity index (χ3n) is 6.34.